The van der Waals surface area contributed by atoms with Crippen LogP contribution in [0.15, 0.2) is 6.20 Å². The molecule has 1 aliphatic heterocycles. The lowest BCUT2D eigenvalue weighted by atomic mass is 9.97. The van der Waals surface area contributed by atoms with E-state index in [-0.39, 0.29) is 5.91 Å². The Balaban J connectivity index is 1.54. The Hall–Kier alpha value is -1.36. The van der Waals surface area contributed by atoms with E-state index < -0.39 is 5.60 Å². The van der Waals surface area contributed by atoms with Gasteiger partial charge in [0.2, 0.25) is 5.91 Å². The molecule has 1 amide bonds. The maximum absolute atomic E-state index is 12.3. The number of β-amino-alcohol motifs (C(OH)–C–C–N with tert-alkyl or cyclic N) is 1. The second kappa shape index (κ2) is 4.88. The lowest BCUT2D eigenvalue weighted by Gasteiger charge is -2.23. The molecule has 1 aliphatic carbocycles. The van der Waals surface area contributed by atoms with E-state index in [1.54, 1.807) is 0 Å². The fourth-order valence-electron chi connectivity index (χ4n) is 3.17. The van der Waals surface area contributed by atoms with Crippen LogP contribution in [0, 0.1) is 12.8 Å². The van der Waals surface area contributed by atoms with Crippen molar-refractivity contribution in [3.05, 3.63) is 17.5 Å². The average Bonchev–Trinajstić information content (AvgIpc) is 3.15. The van der Waals surface area contributed by atoms with Crippen molar-refractivity contribution in [3.8, 4) is 0 Å². The zero-order valence-corrected chi connectivity index (χ0v) is 12.3. The SMILES string of the molecule is Cc1c(CCC(=O)N2CCC(O)(C3CC3)C2)cnn1C. The van der Waals surface area contributed by atoms with Crippen molar-refractivity contribution in [2.24, 2.45) is 13.0 Å². The zero-order valence-electron chi connectivity index (χ0n) is 12.3. The topological polar surface area (TPSA) is 58.4 Å². The molecule has 20 heavy (non-hydrogen) atoms. The van der Waals surface area contributed by atoms with Crippen LogP contribution in [0.1, 0.15) is 36.9 Å². The van der Waals surface area contributed by atoms with Gasteiger partial charge in [0.1, 0.15) is 0 Å². The zero-order chi connectivity index (χ0) is 14.3. The lowest BCUT2D eigenvalue weighted by Crippen LogP contribution is -2.37. The molecule has 3 rings (SSSR count). The summed E-state index contributed by atoms with van der Waals surface area (Å²) in [6, 6.07) is 0. The number of carbonyl (C=O) groups excluding carboxylic acids is 1. The predicted octanol–water partition coefficient (Wildman–Crippen LogP) is 1.03. The molecule has 1 N–H and O–H groups in total. The van der Waals surface area contributed by atoms with Gasteiger partial charge in [0.25, 0.3) is 0 Å². The summed E-state index contributed by atoms with van der Waals surface area (Å²) in [5, 5.41) is 14.7. The minimum atomic E-state index is -0.597. The first-order valence-corrected chi connectivity index (χ1v) is 7.47. The normalized spacial score (nSPS) is 26.2. The molecule has 1 aromatic rings. The summed E-state index contributed by atoms with van der Waals surface area (Å²) >= 11 is 0. The van der Waals surface area contributed by atoms with Crippen LogP contribution in [-0.2, 0) is 18.3 Å². The highest BCUT2D eigenvalue weighted by atomic mass is 16.3. The summed E-state index contributed by atoms with van der Waals surface area (Å²) < 4.78 is 1.83. The number of likely N-dealkylation sites (tertiary alicyclic amines) is 1. The Bertz CT molecular complexity index is 521. The van der Waals surface area contributed by atoms with Crippen molar-refractivity contribution in [2.75, 3.05) is 13.1 Å². The van der Waals surface area contributed by atoms with Crippen molar-refractivity contribution in [1.29, 1.82) is 0 Å². The van der Waals surface area contributed by atoms with Crippen LogP contribution in [0.4, 0.5) is 0 Å². The molecule has 1 atom stereocenters. The smallest absolute Gasteiger partial charge is 0.223 e. The van der Waals surface area contributed by atoms with Gasteiger partial charge in [-0.1, -0.05) is 0 Å². The largest absolute Gasteiger partial charge is 0.388 e. The fraction of sp³-hybridized carbons (Fsp3) is 0.733. The molecule has 2 aliphatic rings. The van der Waals surface area contributed by atoms with E-state index >= 15 is 0 Å². The van der Waals surface area contributed by atoms with Gasteiger partial charge in [0.15, 0.2) is 0 Å². The molecule has 1 saturated heterocycles. The molecule has 2 fully saturated rings. The van der Waals surface area contributed by atoms with Crippen molar-refractivity contribution >= 4 is 5.91 Å². The van der Waals surface area contributed by atoms with E-state index in [2.05, 4.69) is 5.10 Å². The van der Waals surface area contributed by atoms with Crippen LogP contribution >= 0.6 is 0 Å². The summed E-state index contributed by atoms with van der Waals surface area (Å²) in [5.41, 5.74) is 1.66. The van der Waals surface area contributed by atoms with Crippen LogP contribution in [-0.4, -0.2) is 44.4 Å². The maximum Gasteiger partial charge on any atom is 0.223 e. The number of nitrogens with zero attached hydrogens (tertiary/aromatic N) is 3. The summed E-state index contributed by atoms with van der Waals surface area (Å²) in [7, 11) is 1.91. The second-order valence-electron chi connectivity index (χ2n) is 6.32. The first kappa shape index (κ1) is 13.6. The summed E-state index contributed by atoms with van der Waals surface area (Å²) in [6.45, 7) is 3.26. The highest BCUT2D eigenvalue weighted by Gasteiger charge is 2.48. The standard InChI is InChI=1S/C15H23N3O2/c1-11-12(9-16-17(11)2)3-6-14(19)18-8-7-15(20,10-18)13-4-5-13/h9,13,20H,3-8,10H2,1-2H3. The van der Waals surface area contributed by atoms with Gasteiger partial charge in [-0.25, -0.2) is 0 Å². The van der Waals surface area contributed by atoms with Gasteiger partial charge in [-0.05, 0) is 44.1 Å². The maximum atomic E-state index is 12.3. The third-order valence-electron chi connectivity index (χ3n) is 4.91. The van der Waals surface area contributed by atoms with E-state index in [0.717, 1.165) is 36.9 Å². The van der Waals surface area contributed by atoms with Crippen LogP contribution in [0.5, 0.6) is 0 Å². The number of aliphatic hydroxyl groups is 1. The molecule has 1 unspecified atom stereocenters. The van der Waals surface area contributed by atoms with Gasteiger partial charge >= 0.3 is 0 Å². The molecule has 0 bridgehead atoms. The first-order valence-electron chi connectivity index (χ1n) is 7.47. The number of amides is 1. The molecule has 0 radical (unpaired) electrons. The summed E-state index contributed by atoms with van der Waals surface area (Å²) in [5.74, 6) is 0.589. The lowest BCUT2D eigenvalue weighted by molar-refractivity contribution is -0.131. The van der Waals surface area contributed by atoms with E-state index in [1.165, 1.54) is 0 Å². The van der Waals surface area contributed by atoms with Crippen molar-refractivity contribution < 1.29 is 9.90 Å². The Labute approximate surface area is 119 Å². The van der Waals surface area contributed by atoms with Crippen molar-refractivity contribution in [2.45, 2.75) is 44.6 Å². The van der Waals surface area contributed by atoms with E-state index in [9.17, 15) is 9.90 Å². The third kappa shape index (κ3) is 2.46. The Morgan fingerprint density at radius 1 is 1.55 bits per heavy atom. The minimum Gasteiger partial charge on any atom is -0.388 e. The van der Waals surface area contributed by atoms with Crippen LogP contribution in [0.25, 0.3) is 0 Å². The third-order valence-corrected chi connectivity index (χ3v) is 4.91. The van der Waals surface area contributed by atoms with Gasteiger partial charge in [0, 0.05) is 32.3 Å². The van der Waals surface area contributed by atoms with Gasteiger partial charge in [-0.2, -0.15) is 5.10 Å². The molecule has 1 aromatic heterocycles. The van der Waals surface area contributed by atoms with Crippen LogP contribution in [0.3, 0.4) is 0 Å². The fourth-order valence-corrected chi connectivity index (χ4v) is 3.17. The second-order valence-corrected chi connectivity index (χ2v) is 6.32. The van der Waals surface area contributed by atoms with E-state index in [0.29, 0.717) is 25.4 Å². The highest BCUT2D eigenvalue weighted by Crippen LogP contribution is 2.44. The monoisotopic (exact) mass is 277 g/mol. The van der Waals surface area contributed by atoms with E-state index in [4.69, 9.17) is 0 Å². The molecule has 0 spiro atoms. The number of carbonyl (C=O) groups is 1. The predicted molar refractivity (Wildman–Crippen MR) is 75.1 cm³/mol. The molecule has 1 saturated carbocycles. The Morgan fingerprint density at radius 2 is 2.30 bits per heavy atom. The summed E-state index contributed by atoms with van der Waals surface area (Å²) in [4.78, 5) is 14.1. The van der Waals surface area contributed by atoms with E-state index in [1.807, 2.05) is 29.7 Å². The number of rotatable bonds is 4. The van der Waals surface area contributed by atoms with Crippen LogP contribution < -0.4 is 0 Å². The number of aromatic nitrogens is 2. The number of hydrogen-bond acceptors (Lipinski definition) is 3. The molecular weight excluding hydrogens is 254 g/mol. The highest BCUT2D eigenvalue weighted by molar-refractivity contribution is 5.77. The number of aryl methyl sites for hydroxylation is 2. The Kier molecular flexibility index (Phi) is 3.32. The average molecular weight is 277 g/mol. The summed E-state index contributed by atoms with van der Waals surface area (Å²) in [6.07, 6.45) is 6.06. The quantitative estimate of drug-likeness (QED) is 0.894. The molecule has 2 heterocycles. The van der Waals surface area contributed by atoms with Crippen molar-refractivity contribution in [3.63, 3.8) is 0 Å². The van der Waals surface area contributed by atoms with Gasteiger partial charge in [-0.3, -0.25) is 9.48 Å². The van der Waals surface area contributed by atoms with Crippen LogP contribution in [0.2, 0.25) is 0 Å². The first-order chi connectivity index (χ1) is 9.49. The molecule has 5 heteroatoms. The Morgan fingerprint density at radius 3 is 2.90 bits per heavy atom. The number of hydrogen-bond donors (Lipinski definition) is 1. The minimum absolute atomic E-state index is 0.157. The molecule has 110 valence electrons. The van der Waals surface area contributed by atoms with Crippen molar-refractivity contribution in [1.82, 2.24) is 14.7 Å². The van der Waals surface area contributed by atoms with Gasteiger partial charge in [-0.15, -0.1) is 0 Å². The molecule has 0 aromatic carbocycles. The van der Waals surface area contributed by atoms with Gasteiger partial charge in [0.05, 0.1) is 11.8 Å². The van der Waals surface area contributed by atoms with Gasteiger partial charge < -0.3 is 10.0 Å². The molecular formula is C15H23N3O2. The molecule has 5 nitrogen and oxygen atoms in total.